The molecule has 2 aromatic carbocycles. The van der Waals surface area contributed by atoms with Crippen LogP contribution in [0.2, 0.25) is 0 Å². The highest BCUT2D eigenvalue weighted by Gasteiger charge is 2.21. The number of likely N-dealkylation sites (N-methyl/N-ethyl adjacent to an activating group) is 1. The highest BCUT2D eigenvalue weighted by Crippen LogP contribution is 2.33. The molecule has 30 heavy (non-hydrogen) atoms. The van der Waals surface area contributed by atoms with Gasteiger partial charge in [-0.1, -0.05) is 30.3 Å². The molecule has 0 spiro atoms. The normalized spacial score (nSPS) is 14.1. The molecule has 6 heteroatoms. The fourth-order valence-corrected chi connectivity index (χ4v) is 3.98. The summed E-state index contributed by atoms with van der Waals surface area (Å²) in [5, 5.41) is 3.85. The van der Waals surface area contributed by atoms with Crippen molar-refractivity contribution in [1.82, 2.24) is 15.1 Å². The summed E-state index contributed by atoms with van der Waals surface area (Å²) >= 11 is 0. The molecule has 0 radical (unpaired) electrons. The number of amides is 1. The average molecular weight is 408 g/mol. The highest BCUT2D eigenvalue weighted by molar-refractivity contribution is 5.98. The van der Waals surface area contributed by atoms with E-state index >= 15 is 0 Å². The third-order valence-electron chi connectivity index (χ3n) is 5.63. The number of fused-ring (bicyclic) bond motifs is 2. The number of furan rings is 1. The van der Waals surface area contributed by atoms with Gasteiger partial charge in [0.05, 0.1) is 7.11 Å². The van der Waals surface area contributed by atoms with Gasteiger partial charge in [-0.2, -0.15) is 0 Å². The third kappa shape index (κ3) is 4.35. The van der Waals surface area contributed by atoms with E-state index in [0.717, 1.165) is 43.5 Å². The minimum atomic E-state index is -0.201. The van der Waals surface area contributed by atoms with Gasteiger partial charge in [-0.15, -0.1) is 0 Å². The molecule has 158 valence electrons. The molecule has 1 aliphatic heterocycles. The van der Waals surface area contributed by atoms with Crippen LogP contribution in [0.4, 0.5) is 0 Å². The summed E-state index contributed by atoms with van der Waals surface area (Å²) in [6.45, 7) is 4.09. The Balaban J connectivity index is 1.56. The number of ether oxygens (including phenoxy) is 1. The molecule has 0 atom stereocenters. The number of rotatable bonds is 7. The lowest BCUT2D eigenvalue weighted by molar-refractivity contribution is 0.0925. The van der Waals surface area contributed by atoms with E-state index in [0.29, 0.717) is 23.6 Å². The highest BCUT2D eigenvalue weighted by atomic mass is 16.5. The molecule has 1 aliphatic rings. The molecule has 2 heterocycles. The van der Waals surface area contributed by atoms with Gasteiger partial charge in [0, 0.05) is 38.1 Å². The Morgan fingerprint density at radius 3 is 2.77 bits per heavy atom. The Bertz CT molecular complexity index is 1040. The maximum Gasteiger partial charge on any atom is 0.287 e. The van der Waals surface area contributed by atoms with E-state index in [-0.39, 0.29) is 5.91 Å². The molecule has 1 N–H and O–H groups in total. The molecule has 0 unspecified atom stereocenters. The van der Waals surface area contributed by atoms with Crippen LogP contribution < -0.4 is 10.1 Å². The van der Waals surface area contributed by atoms with E-state index in [1.807, 2.05) is 31.1 Å². The van der Waals surface area contributed by atoms with Crippen molar-refractivity contribution in [1.29, 1.82) is 0 Å². The zero-order valence-electron chi connectivity index (χ0n) is 17.9. The summed E-state index contributed by atoms with van der Waals surface area (Å²) in [5.41, 5.74) is 4.60. The largest absolute Gasteiger partial charge is 0.493 e. The second-order valence-electron chi connectivity index (χ2n) is 8.07. The van der Waals surface area contributed by atoms with Crippen LogP contribution in [0.1, 0.15) is 27.2 Å². The van der Waals surface area contributed by atoms with E-state index in [1.54, 1.807) is 7.11 Å². The SMILES string of the molecule is COc1ccc(CN2CCc3ccccc3C2)c2cc(C(=O)NCCN(C)C)oc12. The van der Waals surface area contributed by atoms with E-state index in [2.05, 4.69) is 40.5 Å². The van der Waals surface area contributed by atoms with Crippen molar-refractivity contribution in [3.63, 3.8) is 0 Å². The van der Waals surface area contributed by atoms with Crippen LogP contribution in [-0.2, 0) is 19.5 Å². The molecule has 6 nitrogen and oxygen atoms in total. The molecular formula is C24H29N3O3. The van der Waals surface area contributed by atoms with Crippen LogP contribution in [0, 0.1) is 0 Å². The van der Waals surface area contributed by atoms with E-state index in [9.17, 15) is 4.79 Å². The Labute approximate surface area is 177 Å². The van der Waals surface area contributed by atoms with Crippen molar-refractivity contribution >= 4 is 16.9 Å². The van der Waals surface area contributed by atoms with Crippen molar-refractivity contribution in [3.05, 3.63) is 64.9 Å². The first-order chi connectivity index (χ1) is 14.5. The number of carbonyl (C=O) groups is 1. The Hall–Kier alpha value is -2.83. The average Bonchev–Trinajstić information content (AvgIpc) is 3.20. The molecular weight excluding hydrogens is 378 g/mol. The number of benzene rings is 2. The quantitative estimate of drug-likeness (QED) is 0.651. The summed E-state index contributed by atoms with van der Waals surface area (Å²) in [6.07, 6.45) is 1.06. The lowest BCUT2D eigenvalue weighted by Gasteiger charge is -2.29. The van der Waals surface area contributed by atoms with Gasteiger partial charge in [-0.3, -0.25) is 9.69 Å². The predicted molar refractivity (Wildman–Crippen MR) is 118 cm³/mol. The predicted octanol–water partition coefficient (Wildman–Crippen LogP) is 3.29. The Kier molecular flexibility index (Phi) is 6.06. The van der Waals surface area contributed by atoms with Crippen LogP contribution >= 0.6 is 0 Å². The van der Waals surface area contributed by atoms with Crippen molar-refractivity contribution < 1.29 is 13.9 Å². The summed E-state index contributed by atoms with van der Waals surface area (Å²) in [5.74, 6) is 0.761. The molecule has 0 saturated carbocycles. The second-order valence-corrected chi connectivity index (χ2v) is 8.07. The molecule has 1 amide bonds. The van der Waals surface area contributed by atoms with Gasteiger partial charge in [0.1, 0.15) is 0 Å². The summed E-state index contributed by atoms with van der Waals surface area (Å²) in [7, 11) is 5.57. The van der Waals surface area contributed by atoms with Crippen molar-refractivity contribution in [2.45, 2.75) is 19.5 Å². The van der Waals surface area contributed by atoms with Crippen LogP contribution in [0.15, 0.2) is 46.9 Å². The number of carbonyl (C=O) groups excluding carboxylic acids is 1. The molecule has 3 aromatic rings. The van der Waals surface area contributed by atoms with E-state index < -0.39 is 0 Å². The maximum atomic E-state index is 12.6. The monoisotopic (exact) mass is 407 g/mol. The molecule has 0 bridgehead atoms. The minimum Gasteiger partial charge on any atom is -0.493 e. The van der Waals surface area contributed by atoms with Crippen LogP contribution in [0.5, 0.6) is 5.75 Å². The van der Waals surface area contributed by atoms with Crippen LogP contribution in [0.3, 0.4) is 0 Å². The summed E-state index contributed by atoms with van der Waals surface area (Å²) in [4.78, 5) is 17.0. The van der Waals surface area contributed by atoms with Crippen molar-refractivity contribution in [2.24, 2.45) is 0 Å². The standard InChI is InChI=1S/C24H29N3O3/c1-26(2)13-11-25-24(28)22-14-20-19(8-9-21(29-3)23(20)30-22)16-27-12-10-17-6-4-5-7-18(17)15-27/h4-9,14H,10-13,15-16H2,1-3H3,(H,25,28). The first-order valence-corrected chi connectivity index (χ1v) is 10.4. The van der Waals surface area contributed by atoms with Gasteiger partial charge in [0.15, 0.2) is 17.1 Å². The second kappa shape index (κ2) is 8.90. The number of methoxy groups -OCH3 is 1. The fraction of sp³-hybridized carbons (Fsp3) is 0.375. The topological polar surface area (TPSA) is 58.0 Å². The molecule has 0 aliphatic carbocycles. The number of hydrogen-bond donors (Lipinski definition) is 1. The molecule has 0 fully saturated rings. The Morgan fingerprint density at radius 2 is 2.00 bits per heavy atom. The lowest BCUT2D eigenvalue weighted by Crippen LogP contribution is -2.31. The fourth-order valence-electron chi connectivity index (χ4n) is 3.98. The van der Waals surface area contributed by atoms with Crippen molar-refractivity contribution in [2.75, 3.05) is 40.8 Å². The maximum absolute atomic E-state index is 12.6. The first-order valence-electron chi connectivity index (χ1n) is 10.4. The molecule has 0 saturated heterocycles. The number of nitrogens with one attached hydrogen (secondary N) is 1. The number of nitrogens with zero attached hydrogens (tertiary/aromatic N) is 2. The smallest absolute Gasteiger partial charge is 0.287 e. The van der Waals surface area contributed by atoms with Gasteiger partial charge in [0.25, 0.3) is 5.91 Å². The van der Waals surface area contributed by atoms with Crippen LogP contribution in [-0.4, -0.2) is 56.5 Å². The van der Waals surface area contributed by atoms with Gasteiger partial charge < -0.3 is 19.4 Å². The summed E-state index contributed by atoms with van der Waals surface area (Å²) in [6, 6.07) is 14.5. The number of hydrogen-bond acceptors (Lipinski definition) is 5. The van der Waals surface area contributed by atoms with Gasteiger partial charge in [-0.05, 0) is 49.3 Å². The van der Waals surface area contributed by atoms with Crippen molar-refractivity contribution in [3.8, 4) is 5.75 Å². The molecule has 1 aromatic heterocycles. The van der Waals surface area contributed by atoms with Gasteiger partial charge in [-0.25, -0.2) is 0 Å². The van der Waals surface area contributed by atoms with Crippen LogP contribution in [0.25, 0.3) is 11.0 Å². The summed E-state index contributed by atoms with van der Waals surface area (Å²) < 4.78 is 11.4. The van der Waals surface area contributed by atoms with E-state index in [1.165, 1.54) is 11.1 Å². The zero-order chi connectivity index (χ0) is 21.1. The van der Waals surface area contributed by atoms with E-state index in [4.69, 9.17) is 9.15 Å². The lowest BCUT2D eigenvalue weighted by atomic mass is 9.99. The Morgan fingerprint density at radius 1 is 1.20 bits per heavy atom. The molecule has 4 rings (SSSR count). The van der Waals surface area contributed by atoms with Gasteiger partial charge >= 0.3 is 0 Å². The third-order valence-corrected chi connectivity index (χ3v) is 5.63. The first kappa shape index (κ1) is 20.4. The minimum absolute atomic E-state index is 0.201. The van der Waals surface area contributed by atoms with Gasteiger partial charge in [0.2, 0.25) is 0 Å². The zero-order valence-corrected chi connectivity index (χ0v) is 17.9.